The van der Waals surface area contributed by atoms with E-state index in [1.807, 2.05) is 0 Å². The quantitative estimate of drug-likeness (QED) is 0.724. The summed E-state index contributed by atoms with van der Waals surface area (Å²) in [6.45, 7) is 1.43. The second-order valence-electron chi connectivity index (χ2n) is 4.01. The first-order valence-corrected chi connectivity index (χ1v) is 7.72. The topological polar surface area (TPSA) is 110 Å². The molecule has 0 radical (unpaired) electrons. The van der Waals surface area contributed by atoms with Crippen molar-refractivity contribution in [3.63, 3.8) is 0 Å². The van der Waals surface area contributed by atoms with Gasteiger partial charge in [-0.2, -0.15) is 0 Å². The lowest BCUT2D eigenvalue weighted by molar-refractivity contribution is -0.114. The Morgan fingerprint density at radius 3 is 2.62 bits per heavy atom. The molecule has 2 aromatic rings. The first-order valence-electron chi connectivity index (χ1n) is 5.92. The number of aromatic nitrogens is 2. The number of carbonyl (C=O) groups excluding carboxylic acids is 2. The summed E-state index contributed by atoms with van der Waals surface area (Å²) in [7, 11) is 0. The largest absolute Gasteiger partial charge is 0.374 e. The Bertz CT molecular complexity index is 659. The molecule has 9 heteroatoms. The molecule has 7 nitrogen and oxygen atoms in total. The second-order valence-corrected chi connectivity index (χ2v) is 6.24. The zero-order valence-electron chi connectivity index (χ0n) is 11.1. The molecular weight excluding hydrogens is 310 g/mol. The number of benzene rings is 1. The van der Waals surface area contributed by atoms with Crippen molar-refractivity contribution >= 4 is 51.4 Å². The number of anilines is 3. The summed E-state index contributed by atoms with van der Waals surface area (Å²) in [5.41, 5.74) is 6.71. The fourth-order valence-corrected chi connectivity index (χ4v) is 2.92. The monoisotopic (exact) mass is 323 g/mol. The highest BCUT2D eigenvalue weighted by molar-refractivity contribution is 8.01. The van der Waals surface area contributed by atoms with Gasteiger partial charge in [-0.25, -0.2) is 0 Å². The van der Waals surface area contributed by atoms with Gasteiger partial charge in [0.1, 0.15) is 0 Å². The van der Waals surface area contributed by atoms with Gasteiger partial charge in [0.15, 0.2) is 4.34 Å². The molecule has 0 unspecified atom stereocenters. The molecule has 0 atom stereocenters. The van der Waals surface area contributed by atoms with Crippen LogP contribution in [0.4, 0.5) is 16.5 Å². The summed E-state index contributed by atoms with van der Waals surface area (Å²) in [5, 5.41) is 13.3. The third-order valence-electron chi connectivity index (χ3n) is 2.22. The maximum atomic E-state index is 11.8. The number of nitrogen functional groups attached to an aromatic ring is 1. The van der Waals surface area contributed by atoms with Crippen LogP contribution in [0.15, 0.2) is 28.6 Å². The molecule has 110 valence electrons. The third-order valence-corrected chi connectivity index (χ3v) is 4.10. The van der Waals surface area contributed by atoms with E-state index in [1.54, 1.807) is 24.3 Å². The maximum absolute atomic E-state index is 11.8. The predicted molar refractivity (Wildman–Crippen MR) is 84.4 cm³/mol. The Kier molecular flexibility index (Phi) is 5.12. The Balaban J connectivity index is 1.88. The molecule has 4 N–H and O–H groups in total. The van der Waals surface area contributed by atoms with Crippen LogP contribution >= 0.6 is 23.1 Å². The zero-order chi connectivity index (χ0) is 15.2. The number of nitrogens with two attached hydrogens (primary N) is 1. The summed E-state index contributed by atoms with van der Waals surface area (Å²) in [6.07, 6.45) is 0. The number of hydrogen-bond acceptors (Lipinski definition) is 7. The molecule has 0 saturated heterocycles. The first kappa shape index (κ1) is 15.3. The Hall–Kier alpha value is -2.13. The fourth-order valence-electron chi connectivity index (χ4n) is 1.48. The van der Waals surface area contributed by atoms with Crippen molar-refractivity contribution in [1.29, 1.82) is 0 Å². The number of hydrogen-bond donors (Lipinski definition) is 3. The maximum Gasteiger partial charge on any atom is 0.234 e. The molecule has 0 fully saturated rings. The molecule has 21 heavy (non-hydrogen) atoms. The van der Waals surface area contributed by atoms with E-state index in [9.17, 15) is 9.59 Å². The van der Waals surface area contributed by atoms with E-state index in [-0.39, 0.29) is 17.6 Å². The van der Waals surface area contributed by atoms with E-state index in [2.05, 4.69) is 20.8 Å². The number of nitrogens with one attached hydrogen (secondary N) is 2. The number of carbonyl (C=O) groups is 2. The van der Waals surface area contributed by atoms with E-state index in [0.29, 0.717) is 20.8 Å². The first-order chi connectivity index (χ1) is 10.0. The lowest BCUT2D eigenvalue weighted by Gasteiger charge is -2.07. The van der Waals surface area contributed by atoms with Crippen LogP contribution in [0.25, 0.3) is 0 Å². The third kappa shape index (κ3) is 5.04. The molecule has 0 bridgehead atoms. The highest BCUT2D eigenvalue weighted by Gasteiger charge is 2.07. The van der Waals surface area contributed by atoms with Gasteiger partial charge >= 0.3 is 0 Å². The molecule has 0 aliphatic heterocycles. The normalized spacial score (nSPS) is 10.1. The van der Waals surface area contributed by atoms with E-state index in [0.717, 1.165) is 0 Å². The minimum absolute atomic E-state index is 0.164. The number of thioether (sulfide) groups is 1. The van der Waals surface area contributed by atoms with Gasteiger partial charge in [-0.3, -0.25) is 9.59 Å². The van der Waals surface area contributed by atoms with Crippen LogP contribution in [-0.4, -0.2) is 27.8 Å². The van der Waals surface area contributed by atoms with Crippen molar-refractivity contribution in [2.75, 3.05) is 22.1 Å². The molecule has 2 amide bonds. The molecule has 2 rings (SSSR count). The van der Waals surface area contributed by atoms with Gasteiger partial charge in [0.25, 0.3) is 0 Å². The van der Waals surface area contributed by atoms with E-state index >= 15 is 0 Å². The van der Waals surface area contributed by atoms with Crippen LogP contribution < -0.4 is 16.4 Å². The zero-order valence-corrected chi connectivity index (χ0v) is 12.8. The average Bonchev–Trinajstić information content (AvgIpc) is 2.82. The summed E-state index contributed by atoms with van der Waals surface area (Å²) in [4.78, 5) is 22.8. The Morgan fingerprint density at radius 2 is 2.00 bits per heavy atom. The molecule has 0 aliphatic carbocycles. The van der Waals surface area contributed by atoms with E-state index < -0.39 is 0 Å². The summed E-state index contributed by atoms with van der Waals surface area (Å²) in [6, 6.07) is 6.93. The van der Waals surface area contributed by atoms with Crippen molar-refractivity contribution in [3.05, 3.63) is 24.3 Å². The lowest BCUT2D eigenvalue weighted by atomic mass is 10.2. The van der Waals surface area contributed by atoms with Gasteiger partial charge in [-0.05, 0) is 18.2 Å². The Labute approximate surface area is 129 Å². The molecule has 0 spiro atoms. The lowest BCUT2D eigenvalue weighted by Crippen LogP contribution is -2.14. The molecular formula is C12H13N5O2S2. The average molecular weight is 323 g/mol. The van der Waals surface area contributed by atoms with Crippen molar-refractivity contribution < 1.29 is 9.59 Å². The van der Waals surface area contributed by atoms with Crippen molar-refractivity contribution in [1.82, 2.24) is 10.2 Å². The van der Waals surface area contributed by atoms with Crippen LogP contribution in [0.5, 0.6) is 0 Å². The molecule has 0 saturated carbocycles. The number of amides is 2. The highest BCUT2D eigenvalue weighted by atomic mass is 32.2. The summed E-state index contributed by atoms with van der Waals surface area (Å²) >= 11 is 2.50. The molecule has 1 aromatic carbocycles. The van der Waals surface area contributed by atoms with Crippen molar-refractivity contribution in [2.45, 2.75) is 11.3 Å². The Morgan fingerprint density at radius 1 is 1.29 bits per heavy atom. The minimum atomic E-state index is -0.172. The fraction of sp³-hybridized carbons (Fsp3) is 0.167. The molecule has 1 heterocycles. The van der Waals surface area contributed by atoms with Gasteiger partial charge in [0, 0.05) is 18.3 Å². The van der Waals surface area contributed by atoms with Crippen LogP contribution in [-0.2, 0) is 9.59 Å². The van der Waals surface area contributed by atoms with Crippen molar-refractivity contribution in [3.8, 4) is 0 Å². The van der Waals surface area contributed by atoms with Gasteiger partial charge in [0.2, 0.25) is 16.9 Å². The molecule has 1 aromatic heterocycles. The van der Waals surface area contributed by atoms with Gasteiger partial charge in [-0.1, -0.05) is 29.2 Å². The van der Waals surface area contributed by atoms with Crippen molar-refractivity contribution in [2.24, 2.45) is 0 Å². The number of rotatable bonds is 5. The van der Waals surface area contributed by atoms with Gasteiger partial charge in [0.05, 0.1) is 5.75 Å². The van der Waals surface area contributed by atoms with Gasteiger partial charge in [-0.15, -0.1) is 10.2 Å². The van der Waals surface area contributed by atoms with Crippen LogP contribution in [0.1, 0.15) is 6.92 Å². The summed E-state index contributed by atoms with van der Waals surface area (Å²) < 4.78 is 0.648. The minimum Gasteiger partial charge on any atom is -0.374 e. The van der Waals surface area contributed by atoms with Crippen LogP contribution in [0.3, 0.4) is 0 Å². The SMILES string of the molecule is CC(=O)Nc1cccc(NC(=O)CSc2nnc(N)s2)c1. The second kappa shape index (κ2) is 7.04. The van der Waals surface area contributed by atoms with Crippen LogP contribution in [0.2, 0.25) is 0 Å². The standard InChI is InChI=1S/C12H13N5O2S2/c1-7(18)14-8-3-2-4-9(5-8)15-10(19)6-20-12-17-16-11(13)21-12/h2-5H,6H2,1H3,(H2,13,16)(H,14,18)(H,15,19). The van der Waals surface area contributed by atoms with Gasteiger partial charge < -0.3 is 16.4 Å². The summed E-state index contributed by atoms with van der Waals surface area (Å²) in [5.74, 6) is -0.129. The van der Waals surface area contributed by atoms with Crippen LogP contribution in [0, 0.1) is 0 Å². The highest BCUT2D eigenvalue weighted by Crippen LogP contribution is 2.23. The smallest absolute Gasteiger partial charge is 0.234 e. The van der Waals surface area contributed by atoms with E-state index in [4.69, 9.17) is 5.73 Å². The number of nitrogens with zero attached hydrogens (tertiary/aromatic N) is 2. The van der Waals surface area contributed by atoms with E-state index in [1.165, 1.54) is 30.0 Å². The predicted octanol–water partition coefficient (Wildman–Crippen LogP) is 1.81. The molecule has 0 aliphatic rings.